The highest BCUT2D eigenvalue weighted by atomic mass is 19.1. The van der Waals surface area contributed by atoms with E-state index in [1.165, 1.54) is 30.3 Å². The Balaban J connectivity index is 2.61. The lowest BCUT2D eigenvalue weighted by molar-refractivity contribution is -0.474. The summed E-state index contributed by atoms with van der Waals surface area (Å²) in [6, 6.07) is 9.39. The van der Waals surface area contributed by atoms with E-state index in [-0.39, 0.29) is 21.7 Å². The molecular formula is C12H9F2N2O+. The van der Waals surface area contributed by atoms with Gasteiger partial charge in [-0.25, -0.2) is 8.78 Å². The van der Waals surface area contributed by atoms with Gasteiger partial charge in [0, 0.05) is 12.1 Å². The van der Waals surface area contributed by atoms with Gasteiger partial charge in [-0.15, -0.1) is 0 Å². The normalized spacial score (nSPS) is 10.2. The minimum atomic E-state index is -0.684. The molecule has 0 unspecified atom stereocenters. The highest BCUT2D eigenvalue weighted by Gasteiger charge is 2.15. The van der Waals surface area contributed by atoms with E-state index >= 15 is 0 Å². The van der Waals surface area contributed by atoms with Crippen LogP contribution in [0.1, 0.15) is 0 Å². The molecule has 2 aromatic carbocycles. The molecule has 2 aromatic rings. The lowest BCUT2D eigenvalue weighted by Crippen LogP contribution is -2.08. The Morgan fingerprint density at radius 1 is 1.00 bits per heavy atom. The zero-order valence-electron chi connectivity index (χ0n) is 8.73. The molecule has 0 radical (unpaired) electrons. The third-order valence-corrected chi connectivity index (χ3v) is 2.35. The Kier molecular flexibility index (Phi) is 2.82. The maximum Gasteiger partial charge on any atom is 0.292 e. The number of nitrogens with two attached hydrogens (primary N) is 1. The lowest BCUT2D eigenvalue weighted by Gasteiger charge is -2.04. The van der Waals surface area contributed by atoms with Crippen LogP contribution >= 0.6 is 0 Å². The van der Waals surface area contributed by atoms with Crippen molar-refractivity contribution in [3.63, 3.8) is 0 Å². The smallest absolute Gasteiger partial charge is 0.206 e. The highest BCUT2D eigenvalue weighted by molar-refractivity contribution is 5.67. The number of nitrogens with zero attached hydrogens (tertiary/aromatic N) is 1. The summed E-state index contributed by atoms with van der Waals surface area (Å²) in [5, 5.41) is 0. The molecule has 0 saturated carbocycles. The number of hydrogen-bond donors (Lipinski definition) is 1. The second-order valence-electron chi connectivity index (χ2n) is 3.47. The third-order valence-electron chi connectivity index (χ3n) is 2.35. The first-order valence-corrected chi connectivity index (χ1v) is 4.86. The number of hydrazine groups is 1. The molecule has 0 aliphatic carbocycles. The van der Waals surface area contributed by atoms with Crippen LogP contribution in [0.2, 0.25) is 0 Å². The summed E-state index contributed by atoms with van der Waals surface area (Å²) in [5.74, 6) is 3.66. The number of hydrogen-bond acceptors (Lipinski definition) is 1. The molecular weight excluding hydrogens is 226 g/mol. The fraction of sp³-hybridized carbons (Fsp3) is 0. The number of rotatable bonds is 2. The summed E-state index contributed by atoms with van der Waals surface area (Å²) in [6.45, 7) is 0. The number of benzene rings is 2. The van der Waals surface area contributed by atoms with E-state index in [0.717, 1.165) is 12.1 Å². The second kappa shape index (κ2) is 4.29. The quantitative estimate of drug-likeness (QED) is 0.494. The molecule has 0 aromatic heterocycles. The van der Waals surface area contributed by atoms with E-state index in [1.54, 1.807) is 0 Å². The van der Waals surface area contributed by atoms with Crippen molar-refractivity contribution in [3.05, 3.63) is 59.0 Å². The van der Waals surface area contributed by atoms with Crippen LogP contribution in [-0.2, 0) is 0 Å². The first-order valence-electron chi connectivity index (χ1n) is 4.86. The molecule has 5 heteroatoms. The molecule has 86 valence electrons. The number of halogens is 2. The van der Waals surface area contributed by atoms with Gasteiger partial charge in [-0.05, 0) is 17.7 Å². The molecule has 2 N–H and O–H groups in total. The van der Waals surface area contributed by atoms with Crippen LogP contribution in [0.5, 0.6) is 0 Å². The van der Waals surface area contributed by atoms with Gasteiger partial charge in [-0.2, -0.15) is 5.84 Å². The molecule has 0 amide bonds. The summed E-state index contributed by atoms with van der Waals surface area (Å²) in [6.07, 6.45) is 0. The van der Waals surface area contributed by atoms with E-state index in [2.05, 4.69) is 0 Å². The molecule has 0 spiro atoms. The molecule has 0 aliphatic rings. The average molecular weight is 235 g/mol. The summed E-state index contributed by atoms with van der Waals surface area (Å²) in [5.41, 5.74) is 0.228. The first-order chi connectivity index (χ1) is 8.09. The second-order valence-corrected chi connectivity index (χ2v) is 3.47. The van der Waals surface area contributed by atoms with Gasteiger partial charge in [0.1, 0.15) is 11.6 Å². The standard InChI is InChI=1S/C12H9F2N2O/c13-10-5-2-6-11(14)12(10)8-3-1-4-9(7-8)16(15)17/h1-7H,(H2,15,17)/q+1. The predicted molar refractivity (Wildman–Crippen MR) is 59.3 cm³/mol. The topological polar surface area (TPSA) is 46.1 Å². The molecule has 2 rings (SSSR count). The van der Waals surface area contributed by atoms with Gasteiger partial charge in [0.25, 0.3) is 5.69 Å². The molecule has 0 bridgehead atoms. The van der Waals surface area contributed by atoms with Gasteiger partial charge in [0.05, 0.1) is 10.5 Å². The van der Waals surface area contributed by atoms with E-state index in [1.807, 2.05) is 0 Å². The van der Waals surface area contributed by atoms with Gasteiger partial charge in [0.2, 0.25) is 0 Å². The summed E-state index contributed by atoms with van der Waals surface area (Å²) >= 11 is 0. The summed E-state index contributed by atoms with van der Waals surface area (Å²) in [7, 11) is 0. The zero-order chi connectivity index (χ0) is 12.4. The Bertz CT molecular complexity index is 564. The van der Waals surface area contributed by atoms with Gasteiger partial charge in [0.15, 0.2) is 4.87 Å². The van der Waals surface area contributed by atoms with Crippen LogP contribution in [0.25, 0.3) is 11.1 Å². The van der Waals surface area contributed by atoms with Crippen LogP contribution in [-0.4, -0.2) is 4.87 Å². The van der Waals surface area contributed by atoms with Crippen molar-refractivity contribution in [2.45, 2.75) is 0 Å². The Morgan fingerprint density at radius 2 is 1.59 bits per heavy atom. The summed E-state index contributed by atoms with van der Waals surface area (Å²) < 4.78 is 27.0. The predicted octanol–water partition coefficient (Wildman–Crippen LogP) is 2.92. The van der Waals surface area contributed by atoms with Gasteiger partial charge in [-0.1, -0.05) is 18.2 Å². The Hall–Kier alpha value is -2.30. The Morgan fingerprint density at radius 3 is 2.18 bits per heavy atom. The van der Waals surface area contributed by atoms with Gasteiger partial charge < -0.3 is 0 Å². The van der Waals surface area contributed by atoms with Crippen LogP contribution in [0.4, 0.5) is 14.5 Å². The monoisotopic (exact) mass is 235 g/mol. The third kappa shape index (κ3) is 2.13. The van der Waals surface area contributed by atoms with Crippen molar-refractivity contribution in [1.82, 2.24) is 0 Å². The number of nitroso groups, excluding NO2 is 1. The van der Waals surface area contributed by atoms with Crippen LogP contribution in [0, 0.1) is 16.5 Å². The maximum atomic E-state index is 13.5. The van der Waals surface area contributed by atoms with Crippen molar-refractivity contribution in [2.75, 3.05) is 0 Å². The molecule has 0 heterocycles. The van der Waals surface area contributed by atoms with E-state index in [9.17, 15) is 13.7 Å². The average Bonchev–Trinajstić information content (AvgIpc) is 2.29. The molecule has 0 aliphatic heterocycles. The van der Waals surface area contributed by atoms with Crippen LogP contribution in [0.3, 0.4) is 0 Å². The van der Waals surface area contributed by atoms with Crippen LogP contribution < -0.4 is 5.84 Å². The maximum absolute atomic E-state index is 13.5. The van der Waals surface area contributed by atoms with E-state index in [4.69, 9.17) is 5.84 Å². The molecule has 17 heavy (non-hydrogen) atoms. The molecule has 3 nitrogen and oxygen atoms in total. The SMILES string of the molecule is N[N+](=O)c1cccc(-c2c(F)cccc2F)c1. The van der Waals surface area contributed by atoms with Gasteiger partial charge in [-0.3, -0.25) is 0 Å². The lowest BCUT2D eigenvalue weighted by atomic mass is 10.0. The van der Waals surface area contributed by atoms with Crippen molar-refractivity contribution in [2.24, 2.45) is 5.84 Å². The highest BCUT2D eigenvalue weighted by Crippen LogP contribution is 2.28. The van der Waals surface area contributed by atoms with Crippen LogP contribution in [0.15, 0.2) is 42.5 Å². The summed E-state index contributed by atoms with van der Waals surface area (Å²) in [4.78, 5) is 11.0. The fourth-order valence-corrected chi connectivity index (χ4v) is 1.57. The van der Waals surface area contributed by atoms with E-state index < -0.39 is 11.6 Å². The minimum absolute atomic E-state index is 0.130. The van der Waals surface area contributed by atoms with Crippen molar-refractivity contribution < 1.29 is 13.6 Å². The van der Waals surface area contributed by atoms with E-state index in [0.29, 0.717) is 0 Å². The van der Waals surface area contributed by atoms with Crippen molar-refractivity contribution >= 4 is 5.69 Å². The molecule has 0 fully saturated rings. The molecule has 0 saturated heterocycles. The molecule has 0 atom stereocenters. The fourth-order valence-electron chi connectivity index (χ4n) is 1.57. The zero-order valence-corrected chi connectivity index (χ0v) is 8.73. The first kappa shape index (κ1) is 11.2. The van der Waals surface area contributed by atoms with Crippen molar-refractivity contribution in [1.29, 1.82) is 0 Å². The Labute approximate surface area is 96.0 Å². The minimum Gasteiger partial charge on any atom is -0.206 e. The largest absolute Gasteiger partial charge is 0.292 e. The van der Waals surface area contributed by atoms with Gasteiger partial charge >= 0.3 is 0 Å². The van der Waals surface area contributed by atoms with Crippen molar-refractivity contribution in [3.8, 4) is 11.1 Å².